The van der Waals surface area contributed by atoms with Crippen LogP contribution in [0.2, 0.25) is 0 Å². The first-order valence-electron chi connectivity index (χ1n) is 6.39. The van der Waals surface area contributed by atoms with Crippen LogP contribution in [-0.2, 0) is 6.42 Å². The molecule has 1 atom stereocenters. The van der Waals surface area contributed by atoms with Gasteiger partial charge in [-0.1, -0.05) is 19.1 Å². The molecular weight excluding hydrogens is 326 g/mol. The molecule has 0 spiro atoms. The molecule has 20 heavy (non-hydrogen) atoms. The Hall–Kier alpha value is -1.33. The molecule has 5 heteroatoms. The lowest BCUT2D eigenvalue weighted by molar-refractivity contribution is 0.528. The Balaban J connectivity index is 2.25. The molecule has 1 unspecified atom stereocenters. The van der Waals surface area contributed by atoms with Crippen LogP contribution in [0.15, 0.2) is 41.0 Å². The molecule has 1 aromatic carbocycles. The molecule has 0 aliphatic carbocycles. The second-order valence-corrected chi connectivity index (χ2v) is 5.22. The minimum absolute atomic E-state index is 0.0845. The summed E-state index contributed by atoms with van der Waals surface area (Å²) < 4.78 is 26.9. The Labute approximate surface area is 125 Å². The van der Waals surface area contributed by atoms with Crippen molar-refractivity contribution in [2.75, 3.05) is 6.54 Å². The van der Waals surface area contributed by atoms with Gasteiger partial charge in [-0.2, -0.15) is 0 Å². The predicted molar refractivity (Wildman–Crippen MR) is 78.4 cm³/mol. The van der Waals surface area contributed by atoms with Gasteiger partial charge in [0.05, 0.1) is 22.4 Å². The van der Waals surface area contributed by atoms with Crippen LogP contribution in [0.4, 0.5) is 8.78 Å². The molecule has 0 saturated heterocycles. The van der Waals surface area contributed by atoms with E-state index in [2.05, 4.69) is 26.2 Å². The zero-order chi connectivity index (χ0) is 14.5. The smallest absolute Gasteiger partial charge is 0.141 e. The van der Waals surface area contributed by atoms with E-state index in [-0.39, 0.29) is 17.7 Å². The highest BCUT2D eigenvalue weighted by molar-refractivity contribution is 9.10. The molecule has 0 fully saturated rings. The molecule has 1 aromatic heterocycles. The fourth-order valence-corrected chi connectivity index (χ4v) is 2.47. The Kier molecular flexibility index (Phi) is 5.20. The average molecular weight is 341 g/mol. The maximum atomic E-state index is 13.5. The highest BCUT2D eigenvalue weighted by Crippen LogP contribution is 2.25. The van der Waals surface area contributed by atoms with Gasteiger partial charge in [0.25, 0.3) is 0 Å². The summed E-state index contributed by atoms with van der Waals surface area (Å²) >= 11 is 3.26. The third-order valence-corrected chi connectivity index (χ3v) is 3.90. The lowest BCUT2D eigenvalue weighted by atomic mass is 10.0. The van der Waals surface area contributed by atoms with Gasteiger partial charge in [-0.25, -0.2) is 8.78 Å². The van der Waals surface area contributed by atoms with Gasteiger partial charge in [0.15, 0.2) is 0 Å². The number of nitrogens with one attached hydrogen (secondary N) is 1. The molecule has 0 amide bonds. The van der Waals surface area contributed by atoms with E-state index in [1.807, 2.05) is 13.0 Å². The number of hydrogen-bond donors (Lipinski definition) is 1. The molecule has 0 radical (unpaired) electrons. The first-order chi connectivity index (χ1) is 9.61. The molecule has 1 heterocycles. The molecule has 2 aromatic rings. The summed E-state index contributed by atoms with van der Waals surface area (Å²) in [5.41, 5.74) is 1.59. The van der Waals surface area contributed by atoms with Crippen molar-refractivity contribution in [3.63, 3.8) is 0 Å². The van der Waals surface area contributed by atoms with Crippen LogP contribution in [0.5, 0.6) is 0 Å². The number of nitrogens with zero attached hydrogens (tertiary/aromatic N) is 1. The van der Waals surface area contributed by atoms with E-state index in [1.54, 1.807) is 12.1 Å². The lowest BCUT2D eigenvalue weighted by Crippen LogP contribution is -2.24. The van der Waals surface area contributed by atoms with Gasteiger partial charge in [-0.05, 0) is 52.7 Å². The van der Waals surface area contributed by atoms with Crippen molar-refractivity contribution < 1.29 is 8.78 Å². The topological polar surface area (TPSA) is 24.9 Å². The fourth-order valence-electron chi connectivity index (χ4n) is 2.05. The summed E-state index contributed by atoms with van der Waals surface area (Å²) in [7, 11) is 0. The number of halogens is 3. The summed E-state index contributed by atoms with van der Waals surface area (Å²) in [6.07, 6.45) is 1.77. The van der Waals surface area contributed by atoms with Crippen molar-refractivity contribution >= 4 is 15.9 Å². The number of pyridine rings is 1. The molecule has 0 aliphatic heterocycles. The quantitative estimate of drug-likeness (QED) is 0.889. The fraction of sp³-hybridized carbons (Fsp3) is 0.267. The highest BCUT2D eigenvalue weighted by atomic mass is 79.9. The van der Waals surface area contributed by atoms with Crippen molar-refractivity contribution in [1.82, 2.24) is 10.3 Å². The summed E-state index contributed by atoms with van der Waals surface area (Å²) in [4.78, 5) is 4.10. The molecular formula is C15H15BrF2N2. The summed E-state index contributed by atoms with van der Waals surface area (Å²) in [5.74, 6) is -0.652. The Morgan fingerprint density at radius 1 is 1.25 bits per heavy atom. The zero-order valence-electron chi connectivity index (χ0n) is 11.0. The minimum Gasteiger partial charge on any atom is -0.309 e. The number of benzene rings is 1. The van der Waals surface area contributed by atoms with E-state index in [0.717, 1.165) is 17.8 Å². The summed E-state index contributed by atoms with van der Waals surface area (Å²) in [6.45, 7) is 2.73. The van der Waals surface area contributed by atoms with Crippen LogP contribution in [0.25, 0.3) is 0 Å². The van der Waals surface area contributed by atoms with Gasteiger partial charge >= 0.3 is 0 Å². The Morgan fingerprint density at radius 2 is 2.05 bits per heavy atom. The van der Waals surface area contributed by atoms with E-state index in [9.17, 15) is 8.78 Å². The van der Waals surface area contributed by atoms with Crippen molar-refractivity contribution in [2.45, 2.75) is 19.4 Å². The Morgan fingerprint density at radius 3 is 2.70 bits per heavy atom. The number of likely N-dealkylation sites (N-methyl/N-ethyl adjacent to an activating group) is 1. The van der Waals surface area contributed by atoms with Crippen LogP contribution < -0.4 is 5.32 Å². The van der Waals surface area contributed by atoms with E-state index in [4.69, 9.17) is 0 Å². The lowest BCUT2D eigenvalue weighted by Gasteiger charge is -2.18. The van der Waals surface area contributed by atoms with Crippen molar-refractivity contribution in [3.8, 4) is 0 Å². The van der Waals surface area contributed by atoms with E-state index in [0.29, 0.717) is 10.9 Å². The number of aromatic nitrogens is 1. The van der Waals surface area contributed by atoms with E-state index < -0.39 is 0 Å². The molecule has 1 N–H and O–H groups in total. The second-order valence-electron chi connectivity index (χ2n) is 4.43. The molecule has 0 bridgehead atoms. The van der Waals surface area contributed by atoms with Gasteiger partial charge in [-0.3, -0.25) is 4.98 Å². The number of rotatable bonds is 5. The van der Waals surface area contributed by atoms with Gasteiger partial charge in [-0.15, -0.1) is 0 Å². The zero-order valence-corrected chi connectivity index (χ0v) is 12.6. The largest absolute Gasteiger partial charge is 0.309 e. The van der Waals surface area contributed by atoms with Gasteiger partial charge in [0.1, 0.15) is 11.6 Å². The number of hydrogen-bond acceptors (Lipinski definition) is 2. The summed E-state index contributed by atoms with van der Waals surface area (Å²) in [5, 5.41) is 3.29. The van der Waals surface area contributed by atoms with Crippen LogP contribution >= 0.6 is 15.9 Å². The van der Waals surface area contributed by atoms with Gasteiger partial charge in [0.2, 0.25) is 0 Å². The first-order valence-corrected chi connectivity index (χ1v) is 7.18. The normalized spacial score (nSPS) is 12.4. The van der Waals surface area contributed by atoms with Crippen LogP contribution in [0.3, 0.4) is 0 Å². The van der Waals surface area contributed by atoms with E-state index in [1.165, 1.54) is 18.3 Å². The van der Waals surface area contributed by atoms with Gasteiger partial charge < -0.3 is 5.32 Å². The molecule has 2 nitrogen and oxygen atoms in total. The highest BCUT2D eigenvalue weighted by Gasteiger charge is 2.15. The molecule has 0 aliphatic rings. The minimum atomic E-state index is -0.365. The maximum Gasteiger partial charge on any atom is 0.141 e. The second kappa shape index (κ2) is 6.90. The standard InChI is InChI=1S/C15H15BrF2N2/c1-2-19-14(13-7-6-11(17)9-20-13)8-10-4-3-5-12(18)15(10)16/h3-7,9,14,19H,2,8H2,1H3. The molecule has 0 saturated carbocycles. The molecule has 106 valence electrons. The van der Waals surface area contributed by atoms with Gasteiger partial charge in [0, 0.05) is 0 Å². The monoisotopic (exact) mass is 340 g/mol. The predicted octanol–water partition coefficient (Wildman–Crippen LogP) is 4.02. The van der Waals surface area contributed by atoms with Crippen LogP contribution in [0.1, 0.15) is 24.2 Å². The van der Waals surface area contributed by atoms with Crippen molar-refractivity contribution in [3.05, 3.63) is 63.9 Å². The van der Waals surface area contributed by atoms with Crippen LogP contribution in [-0.4, -0.2) is 11.5 Å². The average Bonchev–Trinajstić information content (AvgIpc) is 2.44. The summed E-state index contributed by atoms with van der Waals surface area (Å²) in [6, 6.07) is 7.89. The maximum absolute atomic E-state index is 13.5. The third kappa shape index (κ3) is 3.61. The van der Waals surface area contributed by atoms with Crippen molar-refractivity contribution in [1.29, 1.82) is 0 Å². The first kappa shape index (κ1) is 15.1. The van der Waals surface area contributed by atoms with E-state index >= 15 is 0 Å². The van der Waals surface area contributed by atoms with Crippen LogP contribution in [0, 0.1) is 11.6 Å². The molecule has 2 rings (SSSR count). The third-order valence-electron chi connectivity index (χ3n) is 3.01. The van der Waals surface area contributed by atoms with Crippen molar-refractivity contribution in [2.24, 2.45) is 0 Å². The SMILES string of the molecule is CCNC(Cc1cccc(F)c1Br)c1ccc(F)cn1. The Bertz CT molecular complexity index is 573.